The number of amides is 2. The van der Waals surface area contributed by atoms with Crippen molar-refractivity contribution in [3.05, 3.63) is 65.5 Å². The molecule has 1 aliphatic rings. The molecule has 0 radical (unpaired) electrons. The average Bonchev–Trinajstić information content (AvgIpc) is 2.82. The molecular weight excluding hydrogens is 421 g/mol. The third-order valence-corrected chi connectivity index (χ3v) is 5.89. The first kappa shape index (κ1) is 25.0. The maximum Gasteiger partial charge on any atom is 0.318 e. The minimum atomic E-state index is -0.284. The van der Waals surface area contributed by atoms with Crippen molar-refractivity contribution >= 4 is 6.03 Å². The van der Waals surface area contributed by atoms with Crippen molar-refractivity contribution in [2.75, 3.05) is 32.8 Å². The molecule has 2 aromatic carbocycles. The number of hydrogen-bond acceptors (Lipinski definition) is 4. The van der Waals surface area contributed by atoms with E-state index in [2.05, 4.69) is 24.1 Å². The van der Waals surface area contributed by atoms with Crippen molar-refractivity contribution in [3.63, 3.8) is 0 Å². The summed E-state index contributed by atoms with van der Waals surface area (Å²) in [6.07, 6.45) is 1.69. The molecule has 0 unspecified atom stereocenters. The molecule has 1 heterocycles. The van der Waals surface area contributed by atoms with Crippen LogP contribution in [0.4, 0.5) is 9.18 Å². The van der Waals surface area contributed by atoms with Gasteiger partial charge in [-0.2, -0.15) is 0 Å². The summed E-state index contributed by atoms with van der Waals surface area (Å²) in [4.78, 5) is 17.3. The summed E-state index contributed by atoms with van der Waals surface area (Å²) in [5, 5.41) is 12.2. The Morgan fingerprint density at radius 2 is 1.76 bits per heavy atom. The molecule has 2 amide bonds. The molecule has 6 nitrogen and oxygen atoms in total. The predicted octanol–water partition coefficient (Wildman–Crippen LogP) is 4.03. The third kappa shape index (κ3) is 8.02. The maximum absolute atomic E-state index is 13.3. The summed E-state index contributed by atoms with van der Waals surface area (Å²) >= 11 is 0. The van der Waals surface area contributed by atoms with E-state index < -0.39 is 0 Å². The quantitative estimate of drug-likeness (QED) is 0.566. The summed E-state index contributed by atoms with van der Waals surface area (Å²) in [6, 6.07) is 14.1. The van der Waals surface area contributed by atoms with Crippen LogP contribution < -0.4 is 10.1 Å². The van der Waals surface area contributed by atoms with Crippen molar-refractivity contribution in [1.82, 2.24) is 15.1 Å². The van der Waals surface area contributed by atoms with E-state index in [9.17, 15) is 14.3 Å². The SMILES string of the molecule is CC(C)COc1ccc(CNC(=O)N(Cc2ccc(F)cc2)C2CCN(CCO)CC2)cc1. The topological polar surface area (TPSA) is 65.0 Å². The van der Waals surface area contributed by atoms with Gasteiger partial charge in [-0.25, -0.2) is 9.18 Å². The fourth-order valence-corrected chi connectivity index (χ4v) is 3.99. The van der Waals surface area contributed by atoms with Crippen LogP contribution in [0.1, 0.15) is 37.8 Å². The van der Waals surface area contributed by atoms with E-state index in [1.165, 1.54) is 12.1 Å². The molecule has 1 fully saturated rings. The zero-order valence-corrected chi connectivity index (χ0v) is 19.7. The van der Waals surface area contributed by atoms with Crippen LogP contribution in [0, 0.1) is 11.7 Å². The maximum atomic E-state index is 13.3. The number of aliphatic hydroxyl groups excluding tert-OH is 1. The number of carbonyl (C=O) groups is 1. The van der Waals surface area contributed by atoms with E-state index in [4.69, 9.17) is 4.74 Å². The van der Waals surface area contributed by atoms with Crippen LogP contribution in [-0.4, -0.2) is 59.8 Å². The van der Waals surface area contributed by atoms with Gasteiger partial charge in [0.15, 0.2) is 0 Å². The van der Waals surface area contributed by atoms with Gasteiger partial charge in [0.2, 0.25) is 0 Å². The second-order valence-electron chi connectivity index (χ2n) is 9.06. The van der Waals surface area contributed by atoms with E-state index in [1.807, 2.05) is 29.2 Å². The van der Waals surface area contributed by atoms with Gasteiger partial charge in [-0.3, -0.25) is 0 Å². The van der Waals surface area contributed by atoms with Crippen LogP contribution in [0.25, 0.3) is 0 Å². The number of aliphatic hydroxyl groups is 1. The molecule has 7 heteroatoms. The van der Waals surface area contributed by atoms with Gasteiger partial charge in [-0.05, 0) is 54.2 Å². The number of benzene rings is 2. The number of nitrogens with one attached hydrogen (secondary N) is 1. The van der Waals surface area contributed by atoms with Crippen molar-refractivity contribution in [2.45, 2.75) is 45.8 Å². The number of β-amino-alcohol motifs (C(OH)–C–C–N with tert-alkyl or cyclic N) is 1. The highest BCUT2D eigenvalue weighted by Gasteiger charge is 2.28. The predicted molar refractivity (Wildman–Crippen MR) is 128 cm³/mol. The lowest BCUT2D eigenvalue weighted by Gasteiger charge is -2.38. The first-order chi connectivity index (χ1) is 15.9. The summed E-state index contributed by atoms with van der Waals surface area (Å²) in [7, 11) is 0. The fourth-order valence-electron chi connectivity index (χ4n) is 3.99. The number of ether oxygens (including phenoxy) is 1. The van der Waals surface area contributed by atoms with Crippen LogP contribution in [0.5, 0.6) is 5.75 Å². The molecule has 0 aliphatic carbocycles. The highest BCUT2D eigenvalue weighted by atomic mass is 19.1. The monoisotopic (exact) mass is 457 g/mol. The van der Waals surface area contributed by atoms with Crippen molar-refractivity contribution in [2.24, 2.45) is 5.92 Å². The Labute approximate surface area is 196 Å². The Morgan fingerprint density at radius 1 is 1.12 bits per heavy atom. The molecule has 0 spiro atoms. The van der Waals surface area contributed by atoms with E-state index >= 15 is 0 Å². The largest absolute Gasteiger partial charge is 0.493 e. The minimum absolute atomic E-state index is 0.0943. The van der Waals surface area contributed by atoms with Crippen LogP contribution in [0.3, 0.4) is 0 Å². The van der Waals surface area contributed by atoms with Crippen LogP contribution in [0.2, 0.25) is 0 Å². The lowest BCUT2D eigenvalue weighted by atomic mass is 10.0. The molecule has 180 valence electrons. The summed E-state index contributed by atoms with van der Waals surface area (Å²) < 4.78 is 19.1. The Morgan fingerprint density at radius 3 is 2.36 bits per heavy atom. The third-order valence-electron chi connectivity index (χ3n) is 5.89. The standard InChI is InChI=1S/C26H36FN3O3/c1-20(2)19-33-25-9-5-21(6-10-25)17-28-26(32)30(18-22-3-7-23(27)8-4-22)24-11-13-29(14-12-24)15-16-31/h3-10,20,24,31H,11-19H2,1-2H3,(H,28,32). The lowest BCUT2D eigenvalue weighted by Crippen LogP contribution is -2.50. The molecule has 0 bridgehead atoms. The molecule has 1 saturated heterocycles. The summed E-state index contributed by atoms with van der Waals surface area (Å²) in [5.74, 6) is 1.01. The second kappa shape index (κ2) is 12.6. The number of likely N-dealkylation sites (tertiary alicyclic amines) is 1. The van der Waals surface area contributed by atoms with Gasteiger partial charge >= 0.3 is 6.03 Å². The van der Waals surface area contributed by atoms with Crippen molar-refractivity contribution in [1.29, 1.82) is 0 Å². The molecule has 0 aromatic heterocycles. The molecule has 2 N–H and O–H groups in total. The van der Waals surface area contributed by atoms with Gasteiger partial charge in [0.1, 0.15) is 11.6 Å². The minimum Gasteiger partial charge on any atom is -0.493 e. The number of urea groups is 1. The van der Waals surface area contributed by atoms with E-state index in [-0.39, 0.29) is 24.5 Å². The van der Waals surface area contributed by atoms with Crippen LogP contribution >= 0.6 is 0 Å². The fraction of sp³-hybridized carbons (Fsp3) is 0.500. The number of halogens is 1. The molecular formula is C26H36FN3O3. The van der Waals surface area contributed by atoms with Crippen LogP contribution in [-0.2, 0) is 13.1 Å². The van der Waals surface area contributed by atoms with E-state index in [1.54, 1.807) is 12.1 Å². The highest BCUT2D eigenvalue weighted by molar-refractivity contribution is 5.74. The summed E-state index contributed by atoms with van der Waals surface area (Å²) in [6.45, 7) is 8.24. The van der Waals surface area contributed by atoms with Gasteiger partial charge in [-0.15, -0.1) is 0 Å². The Bertz CT molecular complexity index is 850. The molecule has 3 rings (SSSR count). The van der Waals surface area contributed by atoms with Gasteiger partial charge in [0.05, 0.1) is 13.2 Å². The first-order valence-corrected chi connectivity index (χ1v) is 11.8. The molecule has 2 aromatic rings. The molecule has 33 heavy (non-hydrogen) atoms. The Balaban J connectivity index is 1.61. The van der Waals surface area contributed by atoms with Crippen molar-refractivity contribution in [3.8, 4) is 5.75 Å². The average molecular weight is 458 g/mol. The molecule has 0 saturated carbocycles. The van der Waals surface area contributed by atoms with Gasteiger partial charge in [0, 0.05) is 38.8 Å². The number of piperidine rings is 1. The van der Waals surface area contributed by atoms with Gasteiger partial charge in [0.25, 0.3) is 0 Å². The first-order valence-electron chi connectivity index (χ1n) is 11.8. The van der Waals surface area contributed by atoms with E-state index in [0.29, 0.717) is 32.2 Å². The van der Waals surface area contributed by atoms with Gasteiger partial charge < -0.3 is 25.0 Å². The summed E-state index contributed by atoms with van der Waals surface area (Å²) in [5.41, 5.74) is 1.90. The molecule has 1 aliphatic heterocycles. The zero-order chi connectivity index (χ0) is 23.6. The number of hydrogen-bond donors (Lipinski definition) is 2. The Kier molecular flexibility index (Phi) is 9.51. The van der Waals surface area contributed by atoms with Crippen molar-refractivity contribution < 1.29 is 19.0 Å². The lowest BCUT2D eigenvalue weighted by molar-refractivity contribution is 0.104. The number of nitrogens with zero attached hydrogens (tertiary/aromatic N) is 2. The number of rotatable bonds is 10. The smallest absolute Gasteiger partial charge is 0.318 e. The normalized spacial score (nSPS) is 14.9. The second-order valence-corrected chi connectivity index (χ2v) is 9.06. The molecule has 0 atom stereocenters. The Hall–Kier alpha value is -2.64. The number of carbonyl (C=O) groups excluding carboxylic acids is 1. The highest BCUT2D eigenvalue weighted by Crippen LogP contribution is 2.20. The van der Waals surface area contributed by atoms with Gasteiger partial charge in [-0.1, -0.05) is 38.1 Å². The van der Waals surface area contributed by atoms with E-state index in [0.717, 1.165) is 42.8 Å². The van der Waals surface area contributed by atoms with Crippen LogP contribution in [0.15, 0.2) is 48.5 Å². The zero-order valence-electron chi connectivity index (χ0n) is 19.7.